The van der Waals surface area contributed by atoms with Crippen molar-refractivity contribution in [3.8, 4) is 11.1 Å². The van der Waals surface area contributed by atoms with E-state index in [-0.39, 0.29) is 0 Å². The Morgan fingerprint density at radius 3 is 2.42 bits per heavy atom. The molecule has 2 aromatic carbocycles. The Hall–Kier alpha value is -1.80. The largest absolute Gasteiger partial charge is 0.465 e. The zero-order valence-corrected chi connectivity index (χ0v) is 11.4. The van der Waals surface area contributed by atoms with Crippen LogP contribution in [-0.4, -0.2) is 12.6 Å². The van der Waals surface area contributed by atoms with Crippen LogP contribution in [0.15, 0.2) is 54.6 Å². The van der Waals surface area contributed by atoms with Crippen molar-refractivity contribution < 1.29 is 9.53 Å². The highest BCUT2D eigenvalue weighted by molar-refractivity contribution is 6.30. The number of rotatable bonds is 4. The molecule has 0 unspecified atom stereocenters. The minimum Gasteiger partial charge on any atom is -0.465 e. The molecule has 0 aliphatic heterocycles. The number of esters is 1. The van der Waals surface area contributed by atoms with Gasteiger partial charge in [0.2, 0.25) is 0 Å². The molecule has 0 heterocycles. The van der Waals surface area contributed by atoms with E-state index in [0.717, 1.165) is 16.7 Å². The van der Waals surface area contributed by atoms with Gasteiger partial charge < -0.3 is 4.74 Å². The third-order valence-electron chi connectivity index (χ3n) is 2.81. The summed E-state index contributed by atoms with van der Waals surface area (Å²) in [5.74, 6) is -0.410. The van der Waals surface area contributed by atoms with Gasteiger partial charge in [-0.2, -0.15) is 0 Å². The molecular formula is C16H15ClO2. The lowest BCUT2D eigenvalue weighted by atomic mass is 9.97. The molecule has 19 heavy (non-hydrogen) atoms. The number of carbonyl (C=O) groups excluding carboxylic acids is 1. The van der Waals surface area contributed by atoms with Gasteiger partial charge in [-0.25, -0.2) is 0 Å². The number of alkyl halides is 1. The van der Waals surface area contributed by atoms with Gasteiger partial charge in [-0.3, -0.25) is 4.79 Å². The van der Waals surface area contributed by atoms with Gasteiger partial charge in [0.1, 0.15) is 0 Å². The van der Waals surface area contributed by atoms with Crippen LogP contribution in [0.25, 0.3) is 11.1 Å². The molecule has 0 radical (unpaired) electrons. The summed E-state index contributed by atoms with van der Waals surface area (Å²) in [5, 5.41) is -0.781. The second kappa shape index (κ2) is 6.39. The van der Waals surface area contributed by atoms with Gasteiger partial charge in [0, 0.05) is 0 Å². The zero-order valence-electron chi connectivity index (χ0n) is 10.7. The first kappa shape index (κ1) is 13.6. The van der Waals surface area contributed by atoms with Crippen LogP contribution in [0, 0.1) is 0 Å². The van der Waals surface area contributed by atoms with E-state index in [2.05, 4.69) is 0 Å². The summed E-state index contributed by atoms with van der Waals surface area (Å²) in [6.45, 7) is 2.10. The molecule has 2 nitrogen and oxygen atoms in total. The summed E-state index contributed by atoms with van der Waals surface area (Å²) in [6.07, 6.45) is 0. The number of benzene rings is 2. The van der Waals surface area contributed by atoms with Gasteiger partial charge in [-0.05, 0) is 23.6 Å². The summed E-state index contributed by atoms with van der Waals surface area (Å²) in [6, 6.07) is 17.5. The Morgan fingerprint density at radius 2 is 1.74 bits per heavy atom. The molecule has 2 rings (SSSR count). The van der Waals surface area contributed by atoms with E-state index in [9.17, 15) is 4.79 Å². The van der Waals surface area contributed by atoms with Gasteiger partial charge in [-0.15, -0.1) is 11.6 Å². The molecule has 0 N–H and O–H groups in total. The molecule has 3 heteroatoms. The quantitative estimate of drug-likeness (QED) is 0.617. The molecule has 0 aliphatic rings. The lowest BCUT2D eigenvalue weighted by molar-refractivity contribution is -0.142. The van der Waals surface area contributed by atoms with Crippen LogP contribution in [0.3, 0.4) is 0 Å². The topological polar surface area (TPSA) is 26.3 Å². The lowest BCUT2D eigenvalue weighted by Gasteiger charge is -2.14. The van der Waals surface area contributed by atoms with Crippen LogP contribution in [0.2, 0.25) is 0 Å². The van der Waals surface area contributed by atoms with Crippen molar-refractivity contribution in [1.82, 2.24) is 0 Å². The summed E-state index contributed by atoms with van der Waals surface area (Å²) in [4.78, 5) is 11.8. The Kier molecular flexibility index (Phi) is 4.58. The van der Waals surface area contributed by atoms with Crippen molar-refractivity contribution >= 4 is 17.6 Å². The standard InChI is InChI=1S/C16H15ClO2/c1-2-19-16(18)15(17)14-11-7-6-10-13(14)12-8-4-3-5-9-12/h3-11,15H,2H2,1H3/t15-/m1/s1. The first-order chi connectivity index (χ1) is 9.24. The molecule has 0 saturated carbocycles. The fourth-order valence-corrected chi connectivity index (χ4v) is 2.19. The van der Waals surface area contributed by atoms with Crippen molar-refractivity contribution in [2.45, 2.75) is 12.3 Å². The van der Waals surface area contributed by atoms with E-state index in [1.54, 1.807) is 6.92 Å². The van der Waals surface area contributed by atoms with Crippen LogP contribution in [-0.2, 0) is 9.53 Å². The lowest BCUT2D eigenvalue weighted by Crippen LogP contribution is -2.11. The Morgan fingerprint density at radius 1 is 1.11 bits per heavy atom. The smallest absolute Gasteiger partial charge is 0.328 e. The molecule has 0 saturated heterocycles. The summed E-state index contributed by atoms with van der Waals surface area (Å²) in [7, 11) is 0. The van der Waals surface area contributed by atoms with Crippen molar-refractivity contribution in [2.75, 3.05) is 6.61 Å². The Bertz CT molecular complexity index is 552. The van der Waals surface area contributed by atoms with Crippen LogP contribution in [0.4, 0.5) is 0 Å². The molecule has 1 atom stereocenters. The number of halogens is 1. The fourth-order valence-electron chi connectivity index (χ4n) is 1.94. The molecule has 0 amide bonds. The van der Waals surface area contributed by atoms with E-state index in [0.29, 0.717) is 6.61 Å². The Labute approximate surface area is 118 Å². The van der Waals surface area contributed by atoms with Gasteiger partial charge in [0.15, 0.2) is 5.38 Å². The highest BCUT2D eigenvalue weighted by Crippen LogP contribution is 2.32. The molecule has 0 aromatic heterocycles. The maximum Gasteiger partial charge on any atom is 0.328 e. The average Bonchev–Trinajstić information content (AvgIpc) is 2.47. The van der Waals surface area contributed by atoms with Crippen LogP contribution in [0.1, 0.15) is 17.9 Å². The molecule has 2 aromatic rings. The highest BCUT2D eigenvalue weighted by Gasteiger charge is 2.21. The van der Waals surface area contributed by atoms with Gasteiger partial charge >= 0.3 is 5.97 Å². The molecular weight excluding hydrogens is 260 g/mol. The number of hydrogen-bond donors (Lipinski definition) is 0. The Balaban J connectivity index is 2.39. The average molecular weight is 275 g/mol. The highest BCUT2D eigenvalue weighted by atomic mass is 35.5. The van der Waals surface area contributed by atoms with Crippen LogP contribution >= 0.6 is 11.6 Å². The maximum absolute atomic E-state index is 11.8. The molecule has 98 valence electrons. The molecule has 0 fully saturated rings. The minimum absolute atomic E-state index is 0.329. The predicted molar refractivity (Wildman–Crippen MR) is 77.1 cm³/mol. The van der Waals surface area contributed by atoms with Crippen LogP contribution in [0.5, 0.6) is 0 Å². The second-order valence-electron chi connectivity index (χ2n) is 4.07. The predicted octanol–water partition coefficient (Wildman–Crippen LogP) is 4.20. The molecule has 0 aliphatic carbocycles. The summed E-state index contributed by atoms with van der Waals surface area (Å²) < 4.78 is 4.98. The maximum atomic E-state index is 11.8. The van der Waals surface area contributed by atoms with Crippen LogP contribution < -0.4 is 0 Å². The van der Waals surface area contributed by atoms with E-state index < -0.39 is 11.3 Å². The van der Waals surface area contributed by atoms with E-state index >= 15 is 0 Å². The van der Waals surface area contributed by atoms with Gasteiger partial charge in [0.25, 0.3) is 0 Å². The fraction of sp³-hybridized carbons (Fsp3) is 0.188. The number of ether oxygens (including phenoxy) is 1. The van der Waals surface area contributed by atoms with E-state index in [1.807, 2.05) is 54.6 Å². The summed E-state index contributed by atoms with van der Waals surface area (Å²) in [5.41, 5.74) is 2.76. The monoisotopic (exact) mass is 274 g/mol. The molecule has 0 spiro atoms. The van der Waals surface area contributed by atoms with Crippen molar-refractivity contribution in [1.29, 1.82) is 0 Å². The second-order valence-corrected chi connectivity index (χ2v) is 4.50. The van der Waals surface area contributed by atoms with Gasteiger partial charge in [0.05, 0.1) is 6.61 Å². The number of carbonyl (C=O) groups is 1. The van der Waals surface area contributed by atoms with Crippen molar-refractivity contribution in [2.24, 2.45) is 0 Å². The SMILES string of the molecule is CCOC(=O)[C@H](Cl)c1ccccc1-c1ccccc1. The van der Waals surface area contributed by atoms with Crippen molar-refractivity contribution in [3.05, 3.63) is 60.2 Å². The first-order valence-electron chi connectivity index (χ1n) is 6.19. The molecule has 0 bridgehead atoms. The van der Waals surface area contributed by atoms with Crippen molar-refractivity contribution in [3.63, 3.8) is 0 Å². The third kappa shape index (κ3) is 3.15. The van der Waals surface area contributed by atoms with Gasteiger partial charge in [-0.1, -0.05) is 54.6 Å². The first-order valence-corrected chi connectivity index (χ1v) is 6.62. The zero-order chi connectivity index (χ0) is 13.7. The third-order valence-corrected chi connectivity index (χ3v) is 3.23. The minimum atomic E-state index is -0.781. The normalized spacial score (nSPS) is 11.9. The van der Waals surface area contributed by atoms with E-state index in [4.69, 9.17) is 16.3 Å². The number of hydrogen-bond acceptors (Lipinski definition) is 2. The van der Waals surface area contributed by atoms with E-state index in [1.165, 1.54) is 0 Å². The summed E-state index contributed by atoms with van der Waals surface area (Å²) >= 11 is 6.22.